The van der Waals surface area contributed by atoms with Gasteiger partial charge in [0.15, 0.2) is 6.17 Å². The summed E-state index contributed by atoms with van der Waals surface area (Å²) in [7, 11) is 1.65. The van der Waals surface area contributed by atoms with E-state index in [9.17, 15) is 14.7 Å². The highest BCUT2D eigenvalue weighted by Gasteiger charge is 2.47. The van der Waals surface area contributed by atoms with E-state index in [4.69, 9.17) is 10.5 Å². The second-order valence-electron chi connectivity index (χ2n) is 8.34. The standard InChI is InChI=1S/C19H25FN6O4/c1-19(2,3)15-14(20)13(5-6-26(15)18(28)29)30-17-11(16(21)27)7-10(8-22-17)12-9-23-25(4)24-12/h7-9,13-15H,5-6H2,1-4H3,(H2,21,27)(H,28,29)/t13-,14-,15?/m1/s1. The van der Waals surface area contributed by atoms with Crippen LogP contribution in [0.2, 0.25) is 0 Å². The molecule has 10 nitrogen and oxygen atoms in total. The SMILES string of the molecule is Cn1ncc(-c2cnc(O[C@@H]3CCN(C(=O)O)C(C(C)(C)C)[C@@H]3F)c(C(N)=O)c2)n1. The van der Waals surface area contributed by atoms with E-state index < -0.39 is 35.7 Å². The number of aryl methyl sites for hydroxylation is 1. The van der Waals surface area contributed by atoms with Gasteiger partial charge >= 0.3 is 6.09 Å². The number of rotatable bonds is 4. The summed E-state index contributed by atoms with van der Waals surface area (Å²) in [4.78, 5) is 30.2. The monoisotopic (exact) mass is 420 g/mol. The molecule has 1 unspecified atom stereocenters. The molecule has 1 saturated heterocycles. The van der Waals surface area contributed by atoms with Crippen molar-refractivity contribution in [3.63, 3.8) is 0 Å². The number of alkyl halides is 1. The van der Waals surface area contributed by atoms with Crippen molar-refractivity contribution in [2.75, 3.05) is 6.54 Å². The average Bonchev–Trinajstić information content (AvgIpc) is 3.08. The van der Waals surface area contributed by atoms with Crippen molar-refractivity contribution in [3.05, 3.63) is 24.0 Å². The number of primary amides is 1. The summed E-state index contributed by atoms with van der Waals surface area (Å²) in [5.41, 5.74) is 5.81. The maximum Gasteiger partial charge on any atom is 0.407 e. The number of nitrogens with zero attached hydrogens (tertiary/aromatic N) is 5. The number of amides is 2. The molecule has 0 saturated carbocycles. The van der Waals surface area contributed by atoms with E-state index in [0.29, 0.717) is 11.3 Å². The zero-order chi connectivity index (χ0) is 22.2. The summed E-state index contributed by atoms with van der Waals surface area (Å²) >= 11 is 0. The summed E-state index contributed by atoms with van der Waals surface area (Å²) in [5.74, 6) is -0.881. The number of piperidine rings is 1. The molecule has 1 aliphatic heterocycles. The number of hydrogen-bond donors (Lipinski definition) is 2. The number of halogens is 1. The smallest absolute Gasteiger partial charge is 0.407 e. The number of carboxylic acid groups (broad SMARTS) is 1. The molecule has 3 N–H and O–H groups in total. The van der Waals surface area contributed by atoms with E-state index in [-0.39, 0.29) is 24.4 Å². The van der Waals surface area contributed by atoms with Crippen LogP contribution >= 0.6 is 0 Å². The van der Waals surface area contributed by atoms with Crippen molar-refractivity contribution >= 4 is 12.0 Å². The largest absolute Gasteiger partial charge is 0.471 e. The van der Waals surface area contributed by atoms with E-state index in [0.717, 1.165) is 4.90 Å². The van der Waals surface area contributed by atoms with Crippen LogP contribution in [-0.4, -0.2) is 66.8 Å². The minimum absolute atomic E-state index is 0.0154. The number of nitrogens with two attached hydrogens (primary N) is 1. The second-order valence-corrected chi connectivity index (χ2v) is 8.34. The van der Waals surface area contributed by atoms with Crippen LogP contribution in [0.5, 0.6) is 5.88 Å². The second kappa shape index (κ2) is 7.88. The van der Waals surface area contributed by atoms with Crippen LogP contribution in [0.15, 0.2) is 18.5 Å². The normalized spacial score (nSPS) is 22.0. The number of pyridine rings is 1. The van der Waals surface area contributed by atoms with Crippen molar-refractivity contribution in [1.82, 2.24) is 24.9 Å². The lowest BCUT2D eigenvalue weighted by Crippen LogP contribution is -2.60. The Morgan fingerprint density at radius 1 is 1.33 bits per heavy atom. The number of carbonyl (C=O) groups is 2. The van der Waals surface area contributed by atoms with Gasteiger partial charge in [-0.15, -0.1) is 0 Å². The Morgan fingerprint density at radius 2 is 2.03 bits per heavy atom. The van der Waals surface area contributed by atoms with Crippen molar-refractivity contribution in [2.24, 2.45) is 18.2 Å². The fourth-order valence-corrected chi connectivity index (χ4v) is 3.71. The van der Waals surface area contributed by atoms with Gasteiger partial charge in [-0.3, -0.25) is 4.79 Å². The molecule has 1 fully saturated rings. The first kappa shape index (κ1) is 21.5. The Hall–Kier alpha value is -3.24. The first-order valence-electron chi connectivity index (χ1n) is 9.46. The maximum atomic E-state index is 15.4. The zero-order valence-electron chi connectivity index (χ0n) is 17.2. The van der Waals surface area contributed by atoms with Gasteiger partial charge in [0, 0.05) is 31.8 Å². The lowest BCUT2D eigenvalue weighted by molar-refractivity contribution is -0.0526. The molecule has 3 rings (SSSR count). The highest BCUT2D eigenvalue weighted by molar-refractivity contribution is 5.96. The first-order valence-corrected chi connectivity index (χ1v) is 9.46. The maximum absolute atomic E-state index is 15.4. The van der Waals surface area contributed by atoms with E-state index in [1.165, 1.54) is 23.3 Å². The van der Waals surface area contributed by atoms with E-state index in [1.807, 2.05) is 0 Å². The number of carbonyl (C=O) groups excluding carboxylic acids is 1. The van der Waals surface area contributed by atoms with Crippen LogP contribution in [0.1, 0.15) is 37.6 Å². The number of ether oxygens (including phenoxy) is 1. The van der Waals surface area contributed by atoms with Crippen LogP contribution in [-0.2, 0) is 7.05 Å². The van der Waals surface area contributed by atoms with Gasteiger partial charge in [-0.05, 0) is 11.5 Å². The molecule has 0 bridgehead atoms. The van der Waals surface area contributed by atoms with Crippen molar-refractivity contribution in [2.45, 2.75) is 45.5 Å². The molecule has 0 aliphatic carbocycles. The highest BCUT2D eigenvalue weighted by atomic mass is 19.1. The Morgan fingerprint density at radius 3 is 2.57 bits per heavy atom. The number of aromatic nitrogens is 4. The molecule has 0 radical (unpaired) electrons. The molecule has 2 aromatic heterocycles. The first-order chi connectivity index (χ1) is 14.0. The summed E-state index contributed by atoms with van der Waals surface area (Å²) < 4.78 is 21.2. The van der Waals surface area contributed by atoms with Crippen molar-refractivity contribution in [1.29, 1.82) is 0 Å². The van der Waals surface area contributed by atoms with Crippen LogP contribution in [0.4, 0.5) is 9.18 Å². The molecule has 0 aromatic carbocycles. The summed E-state index contributed by atoms with van der Waals surface area (Å²) in [6.07, 6.45) is -0.705. The van der Waals surface area contributed by atoms with Gasteiger partial charge < -0.3 is 20.5 Å². The van der Waals surface area contributed by atoms with E-state index >= 15 is 4.39 Å². The predicted octanol–water partition coefficient (Wildman–Crippen LogP) is 1.86. The molecule has 2 amide bonds. The van der Waals surface area contributed by atoms with Gasteiger partial charge in [-0.1, -0.05) is 20.8 Å². The lowest BCUT2D eigenvalue weighted by atomic mass is 9.78. The summed E-state index contributed by atoms with van der Waals surface area (Å²) in [6.45, 7) is 5.41. The Bertz CT molecular complexity index is 957. The predicted molar refractivity (Wildman–Crippen MR) is 105 cm³/mol. The molecule has 3 heterocycles. The van der Waals surface area contributed by atoms with Gasteiger partial charge in [0.25, 0.3) is 5.91 Å². The van der Waals surface area contributed by atoms with Crippen LogP contribution < -0.4 is 10.5 Å². The summed E-state index contributed by atoms with van der Waals surface area (Å²) in [5, 5.41) is 17.6. The molecule has 11 heteroatoms. The van der Waals surface area contributed by atoms with Gasteiger partial charge in [0.1, 0.15) is 17.4 Å². The zero-order valence-corrected chi connectivity index (χ0v) is 17.2. The minimum atomic E-state index is -1.61. The fourth-order valence-electron chi connectivity index (χ4n) is 3.71. The minimum Gasteiger partial charge on any atom is -0.471 e. The molecule has 30 heavy (non-hydrogen) atoms. The van der Waals surface area contributed by atoms with Gasteiger partial charge in [0.2, 0.25) is 5.88 Å². The number of likely N-dealkylation sites (tertiary alicyclic amines) is 1. The third-order valence-corrected chi connectivity index (χ3v) is 5.06. The third-order valence-electron chi connectivity index (χ3n) is 5.06. The van der Waals surface area contributed by atoms with Gasteiger partial charge in [0.05, 0.1) is 12.2 Å². The van der Waals surface area contributed by atoms with Gasteiger partial charge in [-0.25, -0.2) is 14.2 Å². The lowest BCUT2D eigenvalue weighted by Gasteiger charge is -2.46. The van der Waals surface area contributed by atoms with Gasteiger partial charge in [-0.2, -0.15) is 15.0 Å². The van der Waals surface area contributed by atoms with Crippen LogP contribution in [0.25, 0.3) is 11.3 Å². The third kappa shape index (κ3) is 4.19. The highest BCUT2D eigenvalue weighted by Crippen LogP contribution is 2.36. The topological polar surface area (TPSA) is 136 Å². The Labute approximate surface area is 172 Å². The number of hydrogen-bond acceptors (Lipinski definition) is 6. The average molecular weight is 420 g/mol. The van der Waals surface area contributed by atoms with Crippen LogP contribution in [0.3, 0.4) is 0 Å². The molecule has 0 spiro atoms. The van der Waals surface area contributed by atoms with Crippen LogP contribution in [0, 0.1) is 5.41 Å². The quantitative estimate of drug-likeness (QED) is 0.770. The summed E-state index contributed by atoms with van der Waals surface area (Å²) in [6, 6.07) is 0.555. The van der Waals surface area contributed by atoms with Crippen molar-refractivity contribution in [3.8, 4) is 17.1 Å². The molecule has 162 valence electrons. The molecule has 3 atom stereocenters. The van der Waals surface area contributed by atoms with E-state index in [2.05, 4.69) is 15.2 Å². The Balaban J connectivity index is 1.90. The molecular formula is C19H25FN6O4. The Kier molecular flexibility index (Phi) is 5.64. The van der Waals surface area contributed by atoms with E-state index in [1.54, 1.807) is 27.8 Å². The van der Waals surface area contributed by atoms with Crippen molar-refractivity contribution < 1.29 is 23.8 Å². The molecule has 1 aliphatic rings. The molecule has 2 aromatic rings. The molecular weight excluding hydrogens is 395 g/mol. The fraction of sp³-hybridized carbons (Fsp3) is 0.526.